The topological polar surface area (TPSA) is 85.3 Å². The average molecular weight is 554 g/mol. The maximum absolute atomic E-state index is 12.8. The van der Waals surface area contributed by atoms with E-state index in [2.05, 4.69) is 64.0 Å². The lowest BCUT2D eigenvalue weighted by atomic mass is 10.0. The summed E-state index contributed by atoms with van der Waals surface area (Å²) < 4.78 is 13.9. The van der Waals surface area contributed by atoms with Gasteiger partial charge in [-0.3, -0.25) is 4.79 Å². The molecule has 0 aliphatic heterocycles. The van der Waals surface area contributed by atoms with Crippen LogP contribution in [0.3, 0.4) is 0 Å². The van der Waals surface area contributed by atoms with E-state index in [0.717, 1.165) is 32.5 Å². The number of hydrogen-bond donors (Lipinski definition) is 1. The van der Waals surface area contributed by atoms with E-state index in [-0.39, 0.29) is 11.9 Å². The zero-order valence-corrected chi connectivity index (χ0v) is 23.1. The Kier molecular flexibility index (Phi) is 7.80. The maximum Gasteiger partial charge on any atom is 0.289 e. The minimum atomic E-state index is -0.232. The largest absolute Gasteiger partial charge is 0.494 e. The first-order chi connectivity index (χ1) is 17.3. The van der Waals surface area contributed by atoms with Gasteiger partial charge in [0, 0.05) is 45.8 Å². The molecule has 2 aromatic carbocycles. The van der Waals surface area contributed by atoms with E-state index in [1.165, 1.54) is 10.5 Å². The summed E-state index contributed by atoms with van der Waals surface area (Å²) in [4.78, 5) is 27.1. The van der Waals surface area contributed by atoms with Crippen molar-refractivity contribution in [2.24, 2.45) is 0 Å². The van der Waals surface area contributed by atoms with Crippen molar-refractivity contribution in [3.8, 4) is 17.1 Å². The molecule has 0 saturated heterocycles. The van der Waals surface area contributed by atoms with Gasteiger partial charge in [-0.05, 0) is 45.5 Å². The molecule has 1 amide bonds. The third-order valence-corrected chi connectivity index (χ3v) is 7.16. The minimum Gasteiger partial charge on any atom is -0.494 e. The van der Waals surface area contributed by atoms with Crippen LogP contribution in [0.25, 0.3) is 22.4 Å². The summed E-state index contributed by atoms with van der Waals surface area (Å²) in [6, 6.07) is 10.2. The standard InChI is InChI=1S/C27H32BrN5O3/c1-16(2)17-7-9-18(10-8-17)25-30-23-21(36-6)15-19(22(28)24(23)31-25)20(11-14-35-5)33-13-12-29-26(33)27(34)32(3)4/h7-10,12-13,15-16,20H,11,14H2,1-6H3,(H,30,31). The van der Waals surface area contributed by atoms with Gasteiger partial charge in [0.1, 0.15) is 22.6 Å². The fourth-order valence-corrected chi connectivity index (χ4v) is 4.96. The summed E-state index contributed by atoms with van der Waals surface area (Å²) in [5.74, 6) is 2.08. The van der Waals surface area contributed by atoms with Gasteiger partial charge in [-0.2, -0.15) is 0 Å². The lowest BCUT2D eigenvalue weighted by Gasteiger charge is -2.23. The Bertz CT molecular complexity index is 1360. The zero-order valence-electron chi connectivity index (χ0n) is 21.5. The van der Waals surface area contributed by atoms with Crippen LogP contribution >= 0.6 is 15.9 Å². The molecule has 1 atom stereocenters. The van der Waals surface area contributed by atoms with Crippen molar-refractivity contribution in [3.63, 3.8) is 0 Å². The first-order valence-electron chi connectivity index (χ1n) is 11.9. The van der Waals surface area contributed by atoms with Gasteiger partial charge in [0.05, 0.1) is 17.6 Å². The number of H-pyrrole nitrogens is 1. The third kappa shape index (κ3) is 4.90. The van der Waals surface area contributed by atoms with E-state index in [1.54, 1.807) is 34.5 Å². The van der Waals surface area contributed by atoms with Crippen LogP contribution in [0.5, 0.6) is 5.75 Å². The fraction of sp³-hybridized carbons (Fsp3) is 0.370. The van der Waals surface area contributed by atoms with Crippen LogP contribution in [0.1, 0.15) is 54.0 Å². The van der Waals surface area contributed by atoms with Crippen molar-refractivity contribution in [3.05, 3.63) is 64.1 Å². The molecule has 0 spiro atoms. The quantitative estimate of drug-likeness (QED) is 0.289. The average Bonchev–Trinajstić information content (AvgIpc) is 3.53. The number of nitrogens with zero attached hydrogens (tertiary/aromatic N) is 4. The molecule has 0 aliphatic rings. The number of nitrogens with one attached hydrogen (secondary N) is 1. The van der Waals surface area contributed by atoms with Crippen LogP contribution in [-0.4, -0.2) is 65.2 Å². The molecular weight excluding hydrogens is 522 g/mol. The number of hydrogen-bond acceptors (Lipinski definition) is 5. The van der Waals surface area contributed by atoms with Gasteiger partial charge >= 0.3 is 0 Å². The highest BCUT2D eigenvalue weighted by Gasteiger charge is 2.27. The molecule has 1 unspecified atom stereocenters. The van der Waals surface area contributed by atoms with Crippen molar-refractivity contribution >= 4 is 32.9 Å². The number of amides is 1. The number of carbonyl (C=O) groups is 1. The lowest BCUT2D eigenvalue weighted by molar-refractivity contribution is 0.0808. The molecule has 0 fully saturated rings. The summed E-state index contributed by atoms with van der Waals surface area (Å²) in [6.07, 6.45) is 4.10. The number of aromatic nitrogens is 4. The zero-order chi connectivity index (χ0) is 26.0. The number of aromatic amines is 1. The predicted octanol–water partition coefficient (Wildman–Crippen LogP) is 5.65. The van der Waals surface area contributed by atoms with Crippen molar-refractivity contribution in [1.82, 2.24) is 24.4 Å². The molecule has 4 rings (SSSR count). The highest BCUT2D eigenvalue weighted by atomic mass is 79.9. The Morgan fingerprint density at radius 3 is 2.53 bits per heavy atom. The molecule has 2 heterocycles. The predicted molar refractivity (Wildman–Crippen MR) is 145 cm³/mol. The Hall–Kier alpha value is -3.17. The smallest absolute Gasteiger partial charge is 0.289 e. The van der Waals surface area contributed by atoms with E-state index in [0.29, 0.717) is 30.5 Å². The molecule has 1 N–H and O–H groups in total. The monoisotopic (exact) mass is 553 g/mol. The lowest BCUT2D eigenvalue weighted by Crippen LogP contribution is -2.27. The van der Waals surface area contributed by atoms with Crippen molar-refractivity contribution in [2.75, 3.05) is 34.9 Å². The van der Waals surface area contributed by atoms with Crippen LogP contribution in [-0.2, 0) is 4.74 Å². The number of benzene rings is 2. The Labute approximate surface area is 219 Å². The third-order valence-electron chi connectivity index (χ3n) is 6.33. The summed E-state index contributed by atoms with van der Waals surface area (Å²) in [7, 11) is 6.75. The second-order valence-corrected chi connectivity index (χ2v) is 10.0. The second kappa shape index (κ2) is 10.8. The van der Waals surface area contributed by atoms with Gasteiger partial charge in [0.25, 0.3) is 5.91 Å². The van der Waals surface area contributed by atoms with Crippen molar-refractivity contribution in [2.45, 2.75) is 32.2 Å². The molecule has 8 nitrogen and oxygen atoms in total. The van der Waals surface area contributed by atoms with Gasteiger partial charge in [0.2, 0.25) is 0 Å². The maximum atomic E-state index is 12.8. The molecule has 36 heavy (non-hydrogen) atoms. The first-order valence-corrected chi connectivity index (χ1v) is 12.7. The van der Waals surface area contributed by atoms with Crippen LogP contribution < -0.4 is 4.74 Å². The summed E-state index contributed by atoms with van der Waals surface area (Å²) in [5.41, 5.74) is 4.76. The van der Waals surface area contributed by atoms with Gasteiger partial charge in [-0.15, -0.1) is 0 Å². The number of rotatable bonds is 9. The molecule has 9 heteroatoms. The number of imidazole rings is 2. The number of ether oxygens (including phenoxy) is 2. The van der Waals surface area contributed by atoms with Crippen molar-refractivity contribution in [1.29, 1.82) is 0 Å². The number of carbonyl (C=O) groups excluding carboxylic acids is 1. The number of halogens is 1. The second-order valence-electron chi connectivity index (χ2n) is 9.22. The molecule has 0 aliphatic carbocycles. The number of fused-ring (bicyclic) bond motifs is 1. The SMILES string of the molecule is COCCC(c1cc(OC)c2[nH]c(-c3ccc(C(C)C)cc3)nc2c1Br)n1ccnc1C(=O)N(C)C. The molecule has 0 saturated carbocycles. The fourth-order valence-electron chi connectivity index (χ4n) is 4.29. The molecule has 4 aromatic rings. The van der Waals surface area contributed by atoms with E-state index in [4.69, 9.17) is 14.5 Å². The van der Waals surface area contributed by atoms with E-state index in [1.807, 2.05) is 16.8 Å². The van der Waals surface area contributed by atoms with Crippen LogP contribution in [0.4, 0.5) is 0 Å². The number of methoxy groups -OCH3 is 2. The first kappa shape index (κ1) is 25.9. The van der Waals surface area contributed by atoms with Gasteiger partial charge < -0.3 is 23.9 Å². The molecular formula is C27H32BrN5O3. The molecule has 0 radical (unpaired) electrons. The Balaban J connectivity index is 1.86. The van der Waals surface area contributed by atoms with E-state index < -0.39 is 0 Å². The molecule has 190 valence electrons. The van der Waals surface area contributed by atoms with Gasteiger partial charge in [-0.25, -0.2) is 9.97 Å². The van der Waals surface area contributed by atoms with Gasteiger partial charge in [0.15, 0.2) is 5.82 Å². The molecule has 2 aromatic heterocycles. The van der Waals surface area contributed by atoms with Crippen molar-refractivity contribution < 1.29 is 14.3 Å². The van der Waals surface area contributed by atoms with Gasteiger partial charge in [-0.1, -0.05) is 38.1 Å². The summed E-state index contributed by atoms with van der Waals surface area (Å²) >= 11 is 3.82. The molecule has 0 bridgehead atoms. The normalized spacial score (nSPS) is 12.3. The van der Waals surface area contributed by atoms with E-state index >= 15 is 0 Å². The van der Waals surface area contributed by atoms with Crippen LogP contribution in [0.2, 0.25) is 0 Å². The highest BCUT2D eigenvalue weighted by molar-refractivity contribution is 9.10. The van der Waals surface area contributed by atoms with Crippen LogP contribution in [0, 0.1) is 0 Å². The Morgan fingerprint density at radius 1 is 1.19 bits per heavy atom. The summed E-state index contributed by atoms with van der Waals surface area (Å²) in [5, 5.41) is 0. The Morgan fingerprint density at radius 2 is 1.92 bits per heavy atom. The van der Waals surface area contributed by atoms with E-state index in [9.17, 15) is 4.79 Å². The minimum absolute atomic E-state index is 0.168. The highest BCUT2D eigenvalue weighted by Crippen LogP contribution is 2.40. The summed E-state index contributed by atoms with van der Waals surface area (Å²) in [6.45, 7) is 4.86. The van der Waals surface area contributed by atoms with Crippen LogP contribution in [0.15, 0.2) is 47.2 Å².